The fourth-order valence-corrected chi connectivity index (χ4v) is 7.88. The van der Waals surface area contributed by atoms with E-state index in [2.05, 4.69) is 27.7 Å². The average molecular weight is 304 g/mol. The van der Waals surface area contributed by atoms with E-state index in [0.717, 1.165) is 19.3 Å². The van der Waals surface area contributed by atoms with E-state index in [4.69, 9.17) is 0 Å². The summed E-state index contributed by atoms with van der Waals surface area (Å²) in [5.41, 5.74) is 0.229. The molecule has 1 N–H and O–H groups in total. The number of aliphatic hydroxyl groups excluding tert-OH is 1. The number of hydrogen-bond acceptors (Lipinski definition) is 2. The fourth-order valence-electron chi connectivity index (χ4n) is 7.88. The maximum Gasteiger partial charge on any atom is 0.137 e. The molecule has 4 rings (SSSR count). The molecule has 1 spiro atoms. The molecule has 0 unspecified atom stereocenters. The fraction of sp³-hybridized carbons (Fsp3) is 0.950. The third kappa shape index (κ3) is 1.58. The van der Waals surface area contributed by atoms with Gasteiger partial charge in [0.05, 0.1) is 6.10 Å². The third-order valence-electron chi connectivity index (χ3n) is 8.66. The van der Waals surface area contributed by atoms with Crippen LogP contribution in [0.3, 0.4) is 0 Å². The molecule has 0 aromatic carbocycles. The quantitative estimate of drug-likeness (QED) is 0.722. The Bertz CT molecular complexity index is 524. The molecular weight excluding hydrogens is 272 g/mol. The molecule has 6 atom stereocenters. The standard InChI is InChI=1S/C20H32O2/c1-17(2)7-5-8-19(4)14-6-9-18(3)10-11-20(14,16(18)22)12-13(21)15(17)19/h14-16,22H,5-12H2,1-4H3/t14-,15+,16+,18+,19-,20-/m1/s1. The van der Waals surface area contributed by atoms with Gasteiger partial charge in [0, 0.05) is 17.8 Å². The summed E-state index contributed by atoms with van der Waals surface area (Å²) in [6, 6.07) is 0. The predicted octanol–water partition coefficient (Wildman–Crippen LogP) is 4.35. The van der Waals surface area contributed by atoms with Gasteiger partial charge in [-0.3, -0.25) is 4.79 Å². The molecule has 2 nitrogen and oxygen atoms in total. The van der Waals surface area contributed by atoms with Crippen molar-refractivity contribution >= 4 is 5.78 Å². The van der Waals surface area contributed by atoms with Gasteiger partial charge in [-0.05, 0) is 60.7 Å². The van der Waals surface area contributed by atoms with Gasteiger partial charge in [-0.25, -0.2) is 0 Å². The van der Waals surface area contributed by atoms with E-state index < -0.39 is 0 Å². The molecular formula is C20H32O2. The second kappa shape index (κ2) is 4.18. The first-order valence-corrected chi connectivity index (χ1v) is 9.37. The minimum Gasteiger partial charge on any atom is -0.392 e. The van der Waals surface area contributed by atoms with Crippen LogP contribution in [0.25, 0.3) is 0 Å². The van der Waals surface area contributed by atoms with Crippen LogP contribution in [0.4, 0.5) is 0 Å². The van der Waals surface area contributed by atoms with E-state index in [1.54, 1.807) is 0 Å². The Morgan fingerprint density at radius 3 is 2.45 bits per heavy atom. The number of carbonyl (C=O) groups is 1. The Hall–Kier alpha value is -0.370. The normalized spacial score (nSPS) is 56.4. The van der Waals surface area contributed by atoms with Crippen LogP contribution in [0.2, 0.25) is 0 Å². The minimum absolute atomic E-state index is 0.0736. The summed E-state index contributed by atoms with van der Waals surface area (Å²) in [4.78, 5) is 13.2. The summed E-state index contributed by atoms with van der Waals surface area (Å²) in [6.07, 6.45) is 8.56. The van der Waals surface area contributed by atoms with Crippen molar-refractivity contribution in [2.75, 3.05) is 0 Å². The molecule has 4 saturated carbocycles. The number of aliphatic hydroxyl groups is 1. The van der Waals surface area contributed by atoms with Gasteiger partial charge in [0.25, 0.3) is 0 Å². The Morgan fingerprint density at radius 1 is 1.00 bits per heavy atom. The lowest BCUT2D eigenvalue weighted by molar-refractivity contribution is -0.196. The number of fused-ring (bicyclic) bond motifs is 3. The summed E-state index contributed by atoms with van der Waals surface area (Å²) >= 11 is 0. The van der Waals surface area contributed by atoms with Gasteiger partial charge in [-0.15, -0.1) is 0 Å². The van der Waals surface area contributed by atoms with Crippen LogP contribution >= 0.6 is 0 Å². The highest BCUT2D eigenvalue weighted by atomic mass is 16.3. The molecule has 0 aromatic heterocycles. The molecule has 22 heavy (non-hydrogen) atoms. The lowest BCUT2D eigenvalue weighted by Gasteiger charge is -2.64. The van der Waals surface area contributed by atoms with Gasteiger partial charge in [-0.1, -0.05) is 34.1 Å². The van der Waals surface area contributed by atoms with Crippen LogP contribution < -0.4 is 0 Å². The second-order valence-electron chi connectivity index (χ2n) is 10.3. The lowest BCUT2D eigenvalue weighted by atomic mass is 9.40. The highest BCUT2D eigenvalue weighted by Gasteiger charge is 2.70. The first kappa shape index (κ1) is 15.2. The molecule has 2 bridgehead atoms. The van der Waals surface area contributed by atoms with Gasteiger partial charge < -0.3 is 5.11 Å². The van der Waals surface area contributed by atoms with Gasteiger partial charge >= 0.3 is 0 Å². The maximum absolute atomic E-state index is 13.2. The van der Waals surface area contributed by atoms with Gasteiger partial charge in [0.15, 0.2) is 0 Å². The zero-order valence-electron chi connectivity index (χ0n) is 14.7. The Labute approximate surface area is 135 Å². The van der Waals surface area contributed by atoms with Crippen LogP contribution in [-0.2, 0) is 4.79 Å². The summed E-state index contributed by atoms with van der Waals surface area (Å²) in [6.45, 7) is 9.27. The van der Waals surface area contributed by atoms with Crippen molar-refractivity contribution in [3.8, 4) is 0 Å². The number of rotatable bonds is 0. The smallest absolute Gasteiger partial charge is 0.137 e. The van der Waals surface area contributed by atoms with Crippen molar-refractivity contribution in [1.82, 2.24) is 0 Å². The molecule has 2 heteroatoms. The highest BCUT2D eigenvalue weighted by molar-refractivity contribution is 5.85. The van der Waals surface area contributed by atoms with E-state index in [1.165, 1.54) is 25.7 Å². The SMILES string of the molecule is CC1(C)CCC[C@]2(C)[C@H]3CC[C@@]4(C)CC[C@]3(CC(=O)[C@@H]12)[C@H]4O. The maximum atomic E-state index is 13.2. The van der Waals surface area contributed by atoms with Crippen LogP contribution in [0, 0.1) is 33.5 Å². The molecule has 0 radical (unpaired) electrons. The molecule has 4 aliphatic carbocycles. The molecule has 4 fully saturated rings. The number of hydrogen-bond donors (Lipinski definition) is 1. The Balaban J connectivity index is 1.83. The number of ketones is 1. The van der Waals surface area contributed by atoms with Crippen LogP contribution in [0.1, 0.15) is 79.1 Å². The zero-order valence-corrected chi connectivity index (χ0v) is 14.7. The highest BCUT2D eigenvalue weighted by Crippen LogP contribution is 2.72. The third-order valence-corrected chi connectivity index (χ3v) is 8.66. The number of Topliss-reactive ketones (excluding diaryl/α,β-unsaturated/α-hetero) is 1. The predicted molar refractivity (Wildman–Crippen MR) is 87.4 cm³/mol. The largest absolute Gasteiger partial charge is 0.392 e. The summed E-state index contributed by atoms with van der Waals surface area (Å²) in [5.74, 6) is 1.23. The van der Waals surface area contributed by atoms with Crippen LogP contribution in [0.15, 0.2) is 0 Å². The molecule has 0 saturated heterocycles. The van der Waals surface area contributed by atoms with Crippen molar-refractivity contribution in [1.29, 1.82) is 0 Å². The first-order valence-electron chi connectivity index (χ1n) is 9.37. The van der Waals surface area contributed by atoms with Crippen LogP contribution in [0.5, 0.6) is 0 Å². The summed E-state index contributed by atoms with van der Waals surface area (Å²) in [7, 11) is 0. The lowest BCUT2D eigenvalue weighted by Crippen LogP contribution is -2.63. The van der Waals surface area contributed by atoms with Crippen molar-refractivity contribution < 1.29 is 9.90 Å². The zero-order chi connectivity index (χ0) is 16.0. The van der Waals surface area contributed by atoms with E-state index >= 15 is 0 Å². The molecule has 0 aromatic rings. The molecule has 0 amide bonds. The monoisotopic (exact) mass is 304 g/mol. The van der Waals surface area contributed by atoms with Crippen molar-refractivity contribution in [3.05, 3.63) is 0 Å². The van der Waals surface area contributed by atoms with Gasteiger partial charge in [-0.2, -0.15) is 0 Å². The topological polar surface area (TPSA) is 37.3 Å². The minimum atomic E-state index is -0.259. The molecule has 0 aliphatic heterocycles. The summed E-state index contributed by atoms with van der Waals surface area (Å²) < 4.78 is 0. The first-order chi connectivity index (χ1) is 10.2. The van der Waals surface area contributed by atoms with Gasteiger partial charge in [0.2, 0.25) is 0 Å². The van der Waals surface area contributed by atoms with E-state index in [9.17, 15) is 9.90 Å². The Kier molecular flexibility index (Phi) is 2.88. The molecule has 124 valence electrons. The van der Waals surface area contributed by atoms with Crippen molar-refractivity contribution in [3.63, 3.8) is 0 Å². The van der Waals surface area contributed by atoms with E-state index in [-0.39, 0.29) is 33.7 Å². The van der Waals surface area contributed by atoms with E-state index in [1.807, 2.05) is 0 Å². The van der Waals surface area contributed by atoms with Crippen molar-refractivity contribution in [2.45, 2.75) is 85.2 Å². The molecule has 4 aliphatic rings. The number of carbonyl (C=O) groups excluding carboxylic acids is 1. The van der Waals surface area contributed by atoms with Gasteiger partial charge in [0.1, 0.15) is 5.78 Å². The Morgan fingerprint density at radius 2 is 1.73 bits per heavy atom. The van der Waals surface area contributed by atoms with Crippen molar-refractivity contribution in [2.24, 2.45) is 33.5 Å². The average Bonchev–Trinajstić information content (AvgIpc) is 2.56. The molecule has 0 heterocycles. The second-order valence-corrected chi connectivity index (χ2v) is 10.3. The van der Waals surface area contributed by atoms with E-state index in [0.29, 0.717) is 18.1 Å². The summed E-state index contributed by atoms with van der Waals surface area (Å²) in [5, 5.41) is 11.2. The van der Waals surface area contributed by atoms with Crippen LogP contribution in [-0.4, -0.2) is 17.0 Å².